The minimum Gasteiger partial charge on any atom is -0.393 e. The topological polar surface area (TPSA) is 69.9 Å². The van der Waals surface area contributed by atoms with Crippen LogP contribution in [0.4, 0.5) is 0 Å². The second kappa shape index (κ2) is 12.0. The molecule has 32 heavy (non-hydrogen) atoms. The van der Waals surface area contributed by atoms with Gasteiger partial charge < -0.3 is 20.1 Å². The monoisotopic (exact) mass is 446 g/mol. The number of aliphatic hydroxyl groups is 3. The fourth-order valence-corrected chi connectivity index (χ4v) is 5.77. The van der Waals surface area contributed by atoms with Gasteiger partial charge in [-0.25, -0.2) is 0 Å². The largest absolute Gasteiger partial charge is 0.393 e. The molecule has 0 aromatic carbocycles. The van der Waals surface area contributed by atoms with Crippen molar-refractivity contribution >= 4 is 0 Å². The summed E-state index contributed by atoms with van der Waals surface area (Å²) >= 11 is 0. The van der Waals surface area contributed by atoms with Crippen LogP contribution in [-0.2, 0) is 4.74 Å². The van der Waals surface area contributed by atoms with Gasteiger partial charge in [-0.3, -0.25) is 0 Å². The zero-order valence-corrected chi connectivity index (χ0v) is 20.4. The first kappa shape index (κ1) is 25.7. The third kappa shape index (κ3) is 8.78. The molecule has 0 radical (unpaired) electrons. The lowest BCUT2D eigenvalue weighted by Gasteiger charge is -2.43. The van der Waals surface area contributed by atoms with Gasteiger partial charge in [0.1, 0.15) is 0 Å². The number of aliphatic hydroxyl groups excluding tert-OH is 2. The Balaban J connectivity index is 1.38. The molecule has 3 aliphatic carbocycles. The van der Waals surface area contributed by atoms with Crippen LogP contribution in [0.25, 0.3) is 0 Å². The molecule has 0 heterocycles. The fourth-order valence-electron chi connectivity index (χ4n) is 5.77. The van der Waals surface area contributed by atoms with Crippen LogP contribution in [-0.4, -0.2) is 45.8 Å². The molecule has 0 aromatic rings. The summed E-state index contributed by atoms with van der Waals surface area (Å²) in [5.41, 5.74) is 2.59. The maximum absolute atomic E-state index is 9.91. The van der Waals surface area contributed by atoms with E-state index in [1.807, 2.05) is 13.8 Å². The lowest BCUT2D eigenvalue weighted by molar-refractivity contribution is -0.00981. The number of rotatable bonds is 8. The van der Waals surface area contributed by atoms with Crippen molar-refractivity contribution in [1.29, 1.82) is 0 Å². The van der Waals surface area contributed by atoms with Crippen LogP contribution in [0.2, 0.25) is 0 Å². The normalized spacial score (nSPS) is 34.7. The molecule has 0 bridgehead atoms. The highest BCUT2D eigenvalue weighted by Gasteiger charge is 2.37. The molecule has 1 spiro atoms. The molecule has 3 N–H and O–H groups in total. The van der Waals surface area contributed by atoms with Crippen LogP contribution >= 0.6 is 0 Å². The SMILES string of the molecule is CC(C)(O)C/C=C/CCCOC1CCC2(CCC/C(=C\C=C3C[C@@H](O)C[C@@H](O)C3)C2)CC1. The minimum atomic E-state index is -0.614. The minimum absolute atomic E-state index is 0.389. The molecule has 0 aromatic heterocycles. The van der Waals surface area contributed by atoms with Crippen molar-refractivity contribution in [3.63, 3.8) is 0 Å². The number of unbranched alkanes of at least 4 members (excludes halogenated alkanes) is 1. The first-order valence-corrected chi connectivity index (χ1v) is 13.0. The van der Waals surface area contributed by atoms with Crippen LogP contribution < -0.4 is 0 Å². The Bertz CT molecular complexity index is 649. The maximum atomic E-state index is 9.91. The van der Waals surface area contributed by atoms with E-state index in [0.717, 1.165) is 19.4 Å². The van der Waals surface area contributed by atoms with Crippen LogP contribution in [0.3, 0.4) is 0 Å². The van der Waals surface area contributed by atoms with Gasteiger partial charge in [0.25, 0.3) is 0 Å². The molecule has 4 nitrogen and oxygen atoms in total. The van der Waals surface area contributed by atoms with E-state index < -0.39 is 5.60 Å². The first-order valence-electron chi connectivity index (χ1n) is 13.0. The molecule has 0 aliphatic heterocycles. The van der Waals surface area contributed by atoms with E-state index in [0.29, 0.717) is 37.2 Å². The van der Waals surface area contributed by atoms with Crippen molar-refractivity contribution in [3.8, 4) is 0 Å². The van der Waals surface area contributed by atoms with E-state index in [1.54, 1.807) is 5.57 Å². The molecule has 3 rings (SSSR count). The number of hydrogen-bond acceptors (Lipinski definition) is 4. The Hall–Kier alpha value is -0.940. The van der Waals surface area contributed by atoms with Crippen LogP contribution in [0.15, 0.2) is 35.5 Å². The predicted octanol–water partition coefficient (Wildman–Crippen LogP) is 5.76. The van der Waals surface area contributed by atoms with E-state index in [-0.39, 0.29) is 12.2 Å². The first-order chi connectivity index (χ1) is 15.2. The third-order valence-electron chi connectivity index (χ3n) is 7.55. The molecule has 0 amide bonds. The van der Waals surface area contributed by atoms with Gasteiger partial charge in [-0.15, -0.1) is 0 Å². The van der Waals surface area contributed by atoms with Crippen LogP contribution in [0.1, 0.15) is 104 Å². The zero-order chi connectivity index (χ0) is 23.0. The van der Waals surface area contributed by atoms with Crippen LogP contribution in [0, 0.1) is 5.41 Å². The van der Waals surface area contributed by atoms with Gasteiger partial charge in [-0.1, -0.05) is 35.5 Å². The van der Waals surface area contributed by atoms with Crippen molar-refractivity contribution in [1.82, 2.24) is 0 Å². The summed E-state index contributed by atoms with van der Waals surface area (Å²) in [6.07, 6.45) is 23.0. The van der Waals surface area contributed by atoms with Crippen molar-refractivity contribution in [2.24, 2.45) is 5.41 Å². The summed E-state index contributed by atoms with van der Waals surface area (Å²) in [7, 11) is 0. The van der Waals surface area contributed by atoms with E-state index in [2.05, 4.69) is 24.3 Å². The van der Waals surface area contributed by atoms with E-state index in [9.17, 15) is 15.3 Å². The number of allylic oxidation sites excluding steroid dienone is 4. The quantitative estimate of drug-likeness (QED) is 0.327. The Morgan fingerprint density at radius 1 is 1.00 bits per heavy atom. The molecule has 3 aliphatic rings. The molecule has 3 saturated carbocycles. The number of ether oxygens (including phenoxy) is 1. The lowest BCUT2D eigenvalue weighted by atomic mass is 9.63. The Morgan fingerprint density at radius 3 is 2.38 bits per heavy atom. The van der Waals surface area contributed by atoms with E-state index in [1.165, 1.54) is 56.9 Å². The summed E-state index contributed by atoms with van der Waals surface area (Å²) in [5.74, 6) is 0. The summed E-state index contributed by atoms with van der Waals surface area (Å²) in [6, 6.07) is 0. The lowest BCUT2D eigenvalue weighted by Crippen LogP contribution is -2.33. The van der Waals surface area contributed by atoms with Crippen molar-refractivity contribution < 1.29 is 20.1 Å². The van der Waals surface area contributed by atoms with E-state index >= 15 is 0 Å². The maximum Gasteiger partial charge on any atom is 0.0626 e. The van der Waals surface area contributed by atoms with Gasteiger partial charge in [-0.2, -0.15) is 0 Å². The van der Waals surface area contributed by atoms with Gasteiger partial charge in [0.05, 0.1) is 23.9 Å². The zero-order valence-electron chi connectivity index (χ0n) is 20.4. The Kier molecular flexibility index (Phi) is 9.60. The summed E-state index contributed by atoms with van der Waals surface area (Å²) < 4.78 is 6.18. The Morgan fingerprint density at radius 2 is 1.69 bits per heavy atom. The molecule has 0 saturated heterocycles. The highest BCUT2D eigenvalue weighted by Crippen LogP contribution is 2.49. The van der Waals surface area contributed by atoms with E-state index in [4.69, 9.17) is 4.74 Å². The van der Waals surface area contributed by atoms with Gasteiger partial charge in [-0.05, 0) is 109 Å². The summed E-state index contributed by atoms with van der Waals surface area (Å²) in [4.78, 5) is 0. The molecule has 0 unspecified atom stereocenters. The molecular weight excluding hydrogens is 400 g/mol. The molecular formula is C28H46O4. The van der Waals surface area contributed by atoms with Crippen LogP contribution in [0.5, 0.6) is 0 Å². The van der Waals surface area contributed by atoms with Gasteiger partial charge >= 0.3 is 0 Å². The standard InChI is InChI=1S/C28H46O4/c1-27(2,31)13-5-3-4-6-17-32-26-11-15-28(16-12-26)14-7-8-22(21-28)9-10-23-18-24(29)20-25(30)19-23/h3,5,9-10,24-26,29-31H,4,6-8,11-21H2,1-2H3/b5-3+,22-9+,23-10?/t24-,25+,26?,28?. The molecule has 182 valence electrons. The highest BCUT2D eigenvalue weighted by atomic mass is 16.5. The van der Waals surface area contributed by atoms with Gasteiger partial charge in [0.15, 0.2) is 0 Å². The average Bonchev–Trinajstić information content (AvgIpc) is 2.72. The average molecular weight is 447 g/mol. The molecule has 4 heteroatoms. The van der Waals surface area contributed by atoms with Gasteiger partial charge in [0.2, 0.25) is 0 Å². The second-order valence-electron chi connectivity index (χ2n) is 11.3. The Labute approximate surface area is 195 Å². The van der Waals surface area contributed by atoms with Crippen molar-refractivity contribution in [2.45, 2.75) is 128 Å². The third-order valence-corrected chi connectivity index (χ3v) is 7.55. The smallest absolute Gasteiger partial charge is 0.0626 e. The second-order valence-corrected chi connectivity index (χ2v) is 11.3. The number of hydrogen-bond donors (Lipinski definition) is 3. The van der Waals surface area contributed by atoms with Gasteiger partial charge in [0, 0.05) is 6.61 Å². The highest BCUT2D eigenvalue weighted by molar-refractivity contribution is 5.22. The predicted molar refractivity (Wildman–Crippen MR) is 130 cm³/mol. The van der Waals surface area contributed by atoms with Crippen molar-refractivity contribution in [3.05, 3.63) is 35.5 Å². The fraction of sp³-hybridized carbons (Fsp3) is 0.786. The molecule has 2 atom stereocenters. The molecule has 3 fully saturated rings. The van der Waals surface area contributed by atoms with Crippen molar-refractivity contribution in [2.75, 3.05) is 6.61 Å². The summed E-state index contributed by atoms with van der Waals surface area (Å²) in [5, 5.41) is 29.5. The summed E-state index contributed by atoms with van der Waals surface area (Å²) in [6.45, 7) is 4.51.